The summed E-state index contributed by atoms with van der Waals surface area (Å²) in [6, 6.07) is 32.5. The monoisotopic (exact) mass is 796 g/mol. The number of carbonyl (C=O) groups excluding carboxylic acids is 4. The molecule has 0 saturated carbocycles. The lowest BCUT2D eigenvalue weighted by atomic mass is 9.92. The van der Waals surface area contributed by atoms with Crippen molar-refractivity contribution in [2.45, 2.75) is 83.0 Å². The van der Waals surface area contributed by atoms with Gasteiger partial charge in [0.25, 0.3) is 0 Å². The van der Waals surface area contributed by atoms with Crippen LogP contribution in [0.4, 0.5) is 0 Å². The summed E-state index contributed by atoms with van der Waals surface area (Å²) in [6.07, 6.45) is 3.84. The van der Waals surface area contributed by atoms with E-state index in [1.807, 2.05) is 0 Å². The zero-order valence-corrected chi connectivity index (χ0v) is 33.2. The summed E-state index contributed by atoms with van der Waals surface area (Å²) in [5.41, 5.74) is 0.742. The SMILES string of the molecule is CCCCCCCCCC[SH]=C[C@H](OC(=O)c1ccccc1)[C@@H](OC(=O)c1ccccc1)[C@H](OC(=O)c1ccccc1)[C@@H](COC(=O)c1ccccc1)CC(=O)O. The molecule has 0 aliphatic rings. The number of hydrogen-bond donors (Lipinski definition) is 2. The zero-order chi connectivity index (χ0) is 40.7. The van der Waals surface area contributed by atoms with Crippen LogP contribution in [0.2, 0.25) is 0 Å². The Morgan fingerprint density at radius 3 is 1.40 bits per heavy atom. The molecule has 0 bridgehead atoms. The van der Waals surface area contributed by atoms with E-state index in [0.717, 1.165) is 37.0 Å². The number of esters is 4. The van der Waals surface area contributed by atoms with Crippen molar-refractivity contribution in [2.24, 2.45) is 5.92 Å². The van der Waals surface area contributed by atoms with Crippen LogP contribution in [0.1, 0.15) is 106 Å². The van der Waals surface area contributed by atoms with Crippen LogP contribution < -0.4 is 0 Å². The minimum atomic E-state index is -1.59. The molecule has 11 heteroatoms. The van der Waals surface area contributed by atoms with E-state index in [9.17, 15) is 29.1 Å². The number of ether oxygens (including phenoxy) is 4. The van der Waals surface area contributed by atoms with Crippen LogP contribution in [0.3, 0.4) is 0 Å². The first kappa shape index (κ1) is 44.2. The molecule has 10 nitrogen and oxygen atoms in total. The summed E-state index contributed by atoms with van der Waals surface area (Å²) >= 11 is 0.746. The number of thiol groups is 1. The van der Waals surface area contributed by atoms with Crippen molar-refractivity contribution >= 4 is 46.6 Å². The van der Waals surface area contributed by atoms with Crippen LogP contribution in [0.25, 0.3) is 0 Å². The van der Waals surface area contributed by atoms with E-state index in [1.54, 1.807) is 102 Å². The maximum Gasteiger partial charge on any atom is 0.338 e. The fourth-order valence-corrected chi connectivity index (χ4v) is 7.08. The Morgan fingerprint density at radius 2 is 0.947 bits per heavy atom. The van der Waals surface area contributed by atoms with E-state index in [-0.39, 0.29) is 22.3 Å². The number of hydrogen-bond acceptors (Lipinski definition) is 9. The molecule has 4 atom stereocenters. The highest BCUT2D eigenvalue weighted by Gasteiger charge is 2.43. The molecule has 0 unspecified atom stereocenters. The van der Waals surface area contributed by atoms with Crippen LogP contribution in [0.5, 0.6) is 0 Å². The molecule has 0 aliphatic heterocycles. The molecule has 302 valence electrons. The van der Waals surface area contributed by atoms with Gasteiger partial charge in [-0.05, 0) is 66.1 Å². The molecule has 1 N–H and O–H groups in total. The van der Waals surface area contributed by atoms with Gasteiger partial charge in [0.2, 0.25) is 0 Å². The number of carboxylic acid groups (broad SMARTS) is 1. The third kappa shape index (κ3) is 15.5. The molecule has 0 heterocycles. The highest BCUT2D eigenvalue weighted by Crippen LogP contribution is 2.27. The molecule has 0 aromatic heterocycles. The minimum absolute atomic E-state index is 0.139. The molecule has 0 saturated heterocycles. The second-order valence-electron chi connectivity index (χ2n) is 13.6. The molecule has 4 aromatic carbocycles. The second kappa shape index (κ2) is 24.9. The molecule has 57 heavy (non-hydrogen) atoms. The lowest BCUT2D eigenvalue weighted by Crippen LogP contribution is -2.51. The summed E-state index contributed by atoms with van der Waals surface area (Å²) < 4.78 is 24.0. The average molecular weight is 797 g/mol. The Kier molecular flexibility index (Phi) is 19.3. The van der Waals surface area contributed by atoms with Gasteiger partial charge < -0.3 is 24.1 Å². The molecule has 4 aromatic rings. The Bertz CT molecular complexity index is 1850. The first-order valence-corrected chi connectivity index (χ1v) is 20.6. The number of aliphatic carboxylic acids is 1. The number of unbranched alkanes of at least 4 members (excludes halogenated alkanes) is 7. The fourth-order valence-electron chi connectivity index (χ4n) is 6.08. The zero-order valence-electron chi connectivity index (χ0n) is 32.3. The number of carboxylic acids is 1. The van der Waals surface area contributed by atoms with Crippen molar-refractivity contribution in [2.75, 3.05) is 12.4 Å². The van der Waals surface area contributed by atoms with Gasteiger partial charge in [-0.15, -0.1) is 0 Å². The third-order valence-electron chi connectivity index (χ3n) is 9.14. The van der Waals surface area contributed by atoms with Gasteiger partial charge in [-0.25, -0.2) is 30.5 Å². The quantitative estimate of drug-likeness (QED) is 0.0232. The van der Waals surface area contributed by atoms with Gasteiger partial charge in [-0.2, -0.15) is 0 Å². The second-order valence-corrected chi connectivity index (χ2v) is 14.7. The summed E-state index contributed by atoms with van der Waals surface area (Å²) in [5.74, 6) is -5.01. The first-order chi connectivity index (χ1) is 27.8. The molecule has 4 rings (SSSR count). The normalized spacial score (nSPS) is 13.3. The fraction of sp³-hybridized carbons (Fsp3) is 0.348. The van der Waals surface area contributed by atoms with Crippen molar-refractivity contribution in [3.8, 4) is 0 Å². The van der Waals surface area contributed by atoms with Gasteiger partial charge in [0, 0.05) is 5.92 Å². The minimum Gasteiger partial charge on any atom is -0.481 e. The van der Waals surface area contributed by atoms with E-state index in [1.165, 1.54) is 49.9 Å². The predicted molar refractivity (Wildman–Crippen MR) is 222 cm³/mol. The molecule has 0 amide bonds. The molecule has 0 fully saturated rings. The van der Waals surface area contributed by atoms with Crippen molar-refractivity contribution in [1.29, 1.82) is 0 Å². The predicted octanol–water partition coefficient (Wildman–Crippen LogP) is 9.02. The Labute approximate surface area is 338 Å². The topological polar surface area (TPSA) is 142 Å². The summed E-state index contributed by atoms with van der Waals surface area (Å²) in [7, 11) is 0. The number of carbonyl (C=O) groups is 5. The highest BCUT2D eigenvalue weighted by atomic mass is 32.1. The summed E-state index contributed by atoms with van der Waals surface area (Å²) in [6.45, 7) is 1.65. The maximum atomic E-state index is 13.9. The van der Waals surface area contributed by atoms with E-state index in [2.05, 4.69) is 6.92 Å². The van der Waals surface area contributed by atoms with Gasteiger partial charge in [0.15, 0.2) is 12.2 Å². The standard InChI is InChI=1S/C46H52O10S/c1-2-3-4-5-6-7-8-21-30-57-33-39(54-44(50)35-24-15-10-16-25-35)42(56-46(52)37-28-19-12-20-29-37)41(55-45(51)36-26-17-11-18-27-36)38(31-40(47)48)32-53-43(49)34-22-13-9-14-23-34/h9-20,22-29,33,38-39,41-42,57H,2-8,21,30-32H2,1H3,(H,47,48)/t38-,39+,41-,42-/m1/s1. The molecule has 0 spiro atoms. The first-order valence-electron chi connectivity index (χ1n) is 19.5. The van der Waals surface area contributed by atoms with Crippen LogP contribution >= 0.6 is 11.4 Å². The van der Waals surface area contributed by atoms with Gasteiger partial charge in [-0.3, -0.25) is 4.79 Å². The van der Waals surface area contributed by atoms with Crippen LogP contribution in [0.15, 0.2) is 121 Å². The molecular formula is C46H52O10S. The Balaban J connectivity index is 1.76. The van der Waals surface area contributed by atoms with Crippen LogP contribution in [-0.4, -0.2) is 71.0 Å². The van der Waals surface area contributed by atoms with Crippen LogP contribution in [0, 0.1) is 5.92 Å². The summed E-state index contributed by atoms with van der Waals surface area (Å²) in [4.78, 5) is 67.1. The molecule has 0 radical (unpaired) electrons. The lowest BCUT2D eigenvalue weighted by molar-refractivity contribution is -0.142. The highest BCUT2D eigenvalue weighted by molar-refractivity contribution is 7.97. The van der Waals surface area contributed by atoms with E-state index in [0.29, 0.717) is 5.75 Å². The van der Waals surface area contributed by atoms with Crippen molar-refractivity contribution in [1.82, 2.24) is 0 Å². The van der Waals surface area contributed by atoms with E-state index >= 15 is 0 Å². The van der Waals surface area contributed by atoms with E-state index in [4.69, 9.17) is 18.9 Å². The number of benzene rings is 4. The van der Waals surface area contributed by atoms with E-state index < -0.39 is 67.1 Å². The largest absolute Gasteiger partial charge is 0.481 e. The van der Waals surface area contributed by atoms with Gasteiger partial charge in [-0.1, -0.05) is 125 Å². The molecular weight excluding hydrogens is 745 g/mol. The molecule has 0 aliphatic carbocycles. The average Bonchev–Trinajstić information content (AvgIpc) is 3.24. The lowest BCUT2D eigenvalue weighted by Gasteiger charge is -2.35. The third-order valence-corrected chi connectivity index (χ3v) is 10.2. The summed E-state index contributed by atoms with van der Waals surface area (Å²) in [5, 5.41) is 11.8. The Hall–Kier alpha value is -5.55. The Morgan fingerprint density at radius 1 is 0.544 bits per heavy atom. The van der Waals surface area contributed by atoms with Gasteiger partial charge in [0.1, 0.15) is 6.10 Å². The van der Waals surface area contributed by atoms with Gasteiger partial charge in [0.05, 0.1) is 35.3 Å². The van der Waals surface area contributed by atoms with Crippen molar-refractivity contribution in [3.05, 3.63) is 144 Å². The smallest absolute Gasteiger partial charge is 0.338 e. The van der Waals surface area contributed by atoms with Gasteiger partial charge >= 0.3 is 29.8 Å². The van der Waals surface area contributed by atoms with Crippen LogP contribution in [-0.2, 0) is 23.7 Å². The maximum absolute atomic E-state index is 13.9. The number of rotatable bonds is 24. The van der Waals surface area contributed by atoms with Crippen molar-refractivity contribution in [3.63, 3.8) is 0 Å². The van der Waals surface area contributed by atoms with Crippen molar-refractivity contribution < 1.29 is 48.0 Å².